The molecule has 0 radical (unpaired) electrons. The minimum atomic E-state index is -5.08. The predicted molar refractivity (Wildman–Crippen MR) is 153 cm³/mol. The third-order valence-electron chi connectivity index (χ3n) is 8.20. The zero-order chi connectivity index (χ0) is 34.6. The molecular weight excluding hydrogens is 641 g/mol. The van der Waals surface area contributed by atoms with Gasteiger partial charge in [0.05, 0.1) is 11.4 Å². The highest BCUT2D eigenvalue weighted by molar-refractivity contribution is 5.73. The van der Waals surface area contributed by atoms with Gasteiger partial charge in [-0.25, -0.2) is 28.9 Å². The number of carboxylic acid groups (broad SMARTS) is 2. The van der Waals surface area contributed by atoms with Crippen LogP contribution in [0.2, 0.25) is 0 Å². The second-order valence-corrected chi connectivity index (χ2v) is 11.7. The summed E-state index contributed by atoms with van der Waals surface area (Å²) >= 11 is 0. The third kappa shape index (κ3) is 9.17. The molecule has 1 aromatic carbocycles. The van der Waals surface area contributed by atoms with Gasteiger partial charge in [0.1, 0.15) is 11.6 Å². The third-order valence-corrected chi connectivity index (χ3v) is 8.20. The number of alkyl halides is 6. The van der Waals surface area contributed by atoms with E-state index in [2.05, 4.69) is 31.3 Å². The number of rotatable bonds is 5. The molecule has 1 spiro atoms. The van der Waals surface area contributed by atoms with E-state index in [0.29, 0.717) is 6.54 Å². The molecule has 0 amide bonds. The van der Waals surface area contributed by atoms with E-state index in [9.17, 15) is 30.7 Å². The molecule has 3 aliphatic rings. The molecule has 2 fully saturated rings. The maximum Gasteiger partial charge on any atom is 0.490 e. The average molecular weight is 675 g/mol. The zero-order valence-electron chi connectivity index (χ0n) is 25.2. The monoisotopic (exact) mass is 674 g/mol. The fraction of sp³-hybridized carbons (Fsp3) is 0.500. The second-order valence-electron chi connectivity index (χ2n) is 11.7. The standard InChI is InChI=1S/C26H31FN6.2C2HF3O2/c1-19-30-24-23(33(19)15-20-7-8-20)17-31(16-21-5-2-3-6-22(21)27)18-26(24)9-13-32(14-10-26)25-28-11-4-12-29-25;2*3-2(4,5)1(6)7/h2-6,11-12,20H,7-10,13-18H2,1H3;2*(H,6,7). The van der Waals surface area contributed by atoms with Gasteiger partial charge in [0.15, 0.2) is 0 Å². The zero-order valence-corrected chi connectivity index (χ0v) is 25.2. The summed E-state index contributed by atoms with van der Waals surface area (Å²) in [6, 6.07) is 9.05. The number of nitrogens with zero attached hydrogens (tertiary/aromatic N) is 6. The number of aliphatic carboxylic acids is 2. The van der Waals surface area contributed by atoms with Crippen molar-refractivity contribution in [3.8, 4) is 0 Å². The van der Waals surface area contributed by atoms with Crippen LogP contribution in [-0.4, -0.2) is 78.6 Å². The number of imidazole rings is 1. The van der Waals surface area contributed by atoms with Crippen LogP contribution in [-0.2, 0) is 34.6 Å². The lowest BCUT2D eigenvalue weighted by Gasteiger charge is -2.47. The first-order chi connectivity index (χ1) is 22.0. The van der Waals surface area contributed by atoms with Crippen molar-refractivity contribution in [2.75, 3.05) is 24.5 Å². The molecule has 1 aliphatic carbocycles. The van der Waals surface area contributed by atoms with Crippen LogP contribution in [0.3, 0.4) is 0 Å². The highest BCUT2D eigenvalue weighted by atomic mass is 19.4. The lowest BCUT2D eigenvalue weighted by Crippen LogP contribution is -2.52. The SMILES string of the molecule is Cc1nc2c(n1CC1CC1)CN(Cc1ccccc1F)CC21CCN(c2ncccn2)CC1.O=C(O)C(F)(F)F.O=C(O)C(F)(F)F. The molecule has 2 aromatic heterocycles. The van der Waals surface area contributed by atoms with E-state index < -0.39 is 24.3 Å². The van der Waals surface area contributed by atoms with E-state index in [1.165, 1.54) is 24.2 Å². The van der Waals surface area contributed by atoms with Crippen molar-refractivity contribution in [1.29, 1.82) is 0 Å². The molecule has 0 unspecified atom stereocenters. The summed E-state index contributed by atoms with van der Waals surface area (Å²) in [6.07, 6.45) is -1.89. The van der Waals surface area contributed by atoms with Gasteiger partial charge in [0.25, 0.3) is 0 Å². The van der Waals surface area contributed by atoms with Crippen molar-refractivity contribution >= 4 is 17.9 Å². The van der Waals surface area contributed by atoms with E-state index in [1.54, 1.807) is 12.1 Å². The Morgan fingerprint density at radius 1 is 0.936 bits per heavy atom. The number of hydrogen-bond acceptors (Lipinski definition) is 7. The smallest absolute Gasteiger partial charge is 0.475 e. The fourth-order valence-electron chi connectivity index (χ4n) is 5.73. The maximum absolute atomic E-state index is 14.5. The number of benzene rings is 1. The highest BCUT2D eigenvalue weighted by Crippen LogP contribution is 2.43. The molecule has 1 saturated heterocycles. The number of hydrogen-bond donors (Lipinski definition) is 2. The second kappa shape index (κ2) is 14.2. The number of piperidine rings is 1. The Morgan fingerprint density at radius 3 is 2.00 bits per heavy atom. The van der Waals surface area contributed by atoms with E-state index in [0.717, 1.165) is 68.8 Å². The summed E-state index contributed by atoms with van der Waals surface area (Å²) < 4.78 is 80.5. The maximum atomic E-state index is 14.5. The van der Waals surface area contributed by atoms with Gasteiger partial charge in [0.2, 0.25) is 5.95 Å². The normalized spacial score (nSPS) is 17.6. The quantitative estimate of drug-likeness (QED) is 0.345. The van der Waals surface area contributed by atoms with Crippen LogP contribution in [0, 0.1) is 18.7 Å². The Balaban J connectivity index is 0.000000301. The average Bonchev–Trinajstić information content (AvgIpc) is 3.77. The lowest BCUT2D eigenvalue weighted by atomic mass is 9.72. The Labute approximate surface area is 264 Å². The highest BCUT2D eigenvalue weighted by Gasteiger charge is 2.46. The fourth-order valence-corrected chi connectivity index (χ4v) is 5.73. The summed E-state index contributed by atoms with van der Waals surface area (Å²) in [7, 11) is 0. The number of anilines is 1. The van der Waals surface area contributed by atoms with Gasteiger partial charge in [-0.15, -0.1) is 0 Å². The summed E-state index contributed by atoms with van der Waals surface area (Å²) in [5, 5.41) is 14.2. The van der Waals surface area contributed by atoms with E-state index in [-0.39, 0.29) is 11.2 Å². The van der Waals surface area contributed by atoms with Gasteiger partial charge in [-0.2, -0.15) is 26.3 Å². The summed E-state index contributed by atoms with van der Waals surface area (Å²) in [4.78, 5) is 36.6. The Bertz CT molecular complexity index is 1510. The van der Waals surface area contributed by atoms with Crippen LogP contribution in [0.25, 0.3) is 0 Å². The molecule has 4 heterocycles. The van der Waals surface area contributed by atoms with Crippen LogP contribution in [0.4, 0.5) is 36.7 Å². The van der Waals surface area contributed by atoms with E-state index >= 15 is 0 Å². The van der Waals surface area contributed by atoms with Crippen molar-refractivity contribution in [1.82, 2.24) is 24.4 Å². The van der Waals surface area contributed by atoms with Gasteiger partial charge in [-0.3, -0.25) is 4.90 Å². The molecule has 1 saturated carbocycles. The number of halogens is 7. The first kappa shape index (κ1) is 35.6. The summed E-state index contributed by atoms with van der Waals surface area (Å²) in [5.74, 6) is -2.90. The van der Waals surface area contributed by atoms with E-state index in [4.69, 9.17) is 24.8 Å². The Hall–Kier alpha value is -4.28. The number of carbonyl (C=O) groups is 2. The van der Waals surface area contributed by atoms with Crippen molar-refractivity contribution in [3.63, 3.8) is 0 Å². The molecule has 10 nitrogen and oxygen atoms in total. The molecule has 0 bridgehead atoms. The molecule has 47 heavy (non-hydrogen) atoms. The van der Waals surface area contributed by atoms with Crippen molar-refractivity contribution in [2.45, 2.75) is 70.0 Å². The lowest BCUT2D eigenvalue weighted by molar-refractivity contribution is -0.193. The number of aryl methyl sites for hydroxylation is 1. The first-order valence-corrected chi connectivity index (χ1v) is 14.6. The van der Waals surface area contributed by atoms with Crippen LogP contribution in [0.1, 0.15) is 48.5 Å². The minimum absolute atomic E-state index is 0.0102. The Morgan fingerprint density at radius 2 is 1.49 bits per heavy atom. The van der Waals surface area contributed by atoms with Crippen LogP contribution in [0.5, 0.6) is 0 Å². The number of fused-ring (bicyclic) bond motifs is 2. The van der Waals surface area contributed by atoms with Gasteiger partial charge in [-0.1, -0.05) is 18.2 Å². The predicted octanol–water partition coefficient (Wildman–Crippen LogP) is 5.35. The van der Waals surface area contributed by atoms with Gasteiger partial charge >= 0.3 is 24.3 Å². The van der Waals surface area contributed by atoms with Crippen molar-refractivity contribution < 1.29 is 50.5 Å². The molecule has 17 heteroatoms. The van der Waals surface area contributed by atoms with E-state index in [1.807, 2.05) is 30.6 Å². The van der Waals surface area contributed by atoms with Crippen molar-refractivity contribution in [3.05, 3.63) is 71.3 Å². The number of aromatic nitrogens is 4. The molecule has 0 atom stereocenters. The summed E-state index contributed by atoms with van der Waals surface area (Å²) in [5.41, 5.74) is 3.41. The van der Waals surface area contributed by atoms with Crippen molar-refractivity contribution in [2.24, 2.45) is 5.92 Å². The molecule has 2 aliphatic heterocycles. The van der Waals surface area contributed by atoms with Gasteiger partial charge in [0, 0.05) is 62.6 Å². The molecule has 256 valence electrons. The molecule has 3 aromatic rings. The first-order valence-electron chi connectivity index (χ1n) is 14.6. The van der Waals surface area contributed by atoms with Gasteiger partial charge < -0.3 is 19.7 Å². The van der Waals surface area contributed by atoms with Crippen LogP contribution < -0.4 is 4.90 Å². The summed E-state index contributed by atoms with van der Waals surface area (Å²) in [6.45, 7) is 7.43. The molecule has 2 N–H and O–H groups in total. The largest absolute Gasteiger partial charge is 0.490 e. The number of carboxylic acids is 2. The topological polar surface area (TPSA) is 125 Å². The van der Waals surface area contributed by atoms with Crippen LogP contribution in [0.15, 0.2) is 42.7 Å². The van der Waals surface area contributed by atoms with Gasteiger partial charge in [-0.05, 0) is 50.7 Å². The molecule has 6 rings (SSSR count). The van der Waals surface area contributed by atoms with Crippen LogP contribution >= 0.6 is 0 Å². The molecular formula is C30H33F7N6O4. The Kier molecular flexibility index (Phi) is 10.8. The minimum Gasteiger partial charge on any atom is -0.475 e.